The second-order valence-electron chi connectivity index (χ2n) is 5.54. The molecule has 7 heteroatoms. The first-order chi connectivity index (χ1) is 10.6. The summed E-state index contributed by atoms with van der Waals surface area (Å²) in [7, 11) is 1.64. The maximum Gasteiger partial charge on any atom is 0.250 e. The van der Waals surface area contributed by atoms with Crippen LogP contribution in [0.25, 0.3) is 12.2 Å². The summed E-state index contributed by atoms with van der Waals surface area (Å²) < 4.78 is 11.6. The van der Waals surface area contributed by atoms with Crippen LogP contribution in [0, 0.1) is 0 Å². The molecule has 0 spiro atoms. The van der Waals surface area contributed by atoms with Gasteiger partial charge in [0.05, 0.1) is 12.6 Å². The molecule has 1 aliphatic carbocycles. The van der Waals surface area contributed by atoms with Crippen molar-refractivity contribution in [2.24, 2.45) is 5.73 Å². The Kier molecular flexibility index (Phi) is 5.84. The quantitative estimate of drug-likeness (QED) is 0.834. The number of hydrogen-bond acceptors (Lipinski definition) is 5. The lowest BCUT2D eigenvalue weighted by Crippen LogP contribution is -2.34. The van der Waals surface area contributed by atoms with Crippen LogP contribution in [0.4, 0.5) is 0 Å². The van der Waals surface area contributed by atoms with E-state index in [1.54, 1.807) is 13.2 Å². The van der Waals surface area contributed by atoms with Gasteiger partial charge in [-0.05, 0) is 37.1 Å². The van der Waals surface area contributed by atoms with Crippen LogP contribution in [0.15, 0.2) is 27.2 Å². The summed E-state index contributed by atoms with van der Waals surface area (Å²) in [4.78, 5) is 4.41. The minimum Gasteiger partial charge on any atom is -0.496 e. The molecule has 2 N–H and O–H groups in total. The number of ether oxygens (including phenoxy) is 1. The molecule has 0 unspecified atom stereocenters. The molecule has 1 aromatic carbocycles. The molecule has 3 rings (SSSR count). The van der Waals surface area contributed by atoms with Crippen molar-refractivity contribution in [3.05, 3.63) is 40.0 Å². The summed E-state index contributed by atoms with van der Waals surface area (Å²) in [6, 6.07) is 5.80. The van der Waals surface area contributed by atoms with E-state index >= 15 is 0 Å². The molecule has 124 valence electrons. The van der Waals surface area contributed by atoms with Gasteiger partial charge < -0.3 is 15.0 Å². The fraction of sp³-hybridized carbons (Fsp3) is 0.375. The van der Waals surface area contributed by atoms with E-state index < -0.39 is 5.54 Å². The van der Waals surface area contributed by atoms with Crippen LogP contribution in [0.5, 0.6) is 5.75 Å². The molecular formula is C16H19BrClN3O2. The number of hydrogen-bond donors (Lipinski definition) is 1. The molecular weight excluding hydrogens is 382 g/mol. The van der Waals surface area contributed by atoms with Gasteiger partial charge in [0.15, 0.2) is 5.82 Å². The zero-order chi connectivity index (χ0) is 15.6. The van der Waals surface area contributed by atoms with E-state index in [1.807, 2.05) is 24.3 Å². The normalized spacial score (nSPS) is 16.5. The molecule has 2 aromatic rings. The monoisotopic (exact) mass is 399 g/mol. The number of methoxy groups -OCH3 is 1. The number of halogens is 2. The largest absolute Gasteiger partial charge is 0.496 e. The molecule has 0 radical (unpaired) electrons. The number of benzene rings is 1. The van der Waals surface area contributed by atoms with Crippen LogP contribution >= 0.6 is 28.3 Å². The van der Waals surface area contributed by atoms with Gasteiger partial charge in [-0.1, -0.05) is 33.9 Å². The molecule has 0 amide bonds. The van der Waals surface area contributed by atoms with Gasteiger partial charge in [-0.2, -0.15) is 4.98 Å². The molecule has 0 atom stereocenters. The highest BCUT2D eigenvalue weighted by Gasteiger charge is 2.35. The van der Waals surface area contributed by atoms with Crippen LogP contribution < -0.4 is 10.5 Å². The van der Waals surface area contributed by atoms with E-state index in [4.69, 9.17) is 15.0 Å². The number of nitrogens with two attached hydrogens (primary N) is 1. The van der Waals surface area contributed by atoms with E-state index in [9.17, 15) is 0 Å². The van der Waals surface area contributed by atoms with Gasteiger partial charge in [-0.3, -0.25) is 0 Å². The Balaban J connectivity index is 0.00000192. The maximum absolute atomic E-state index is 6.33. The first kappa shape index (κ1) is 18.0. The van der Waals surface area contributed by atoms with Crippen LogP contribution in [0.1, 0.15) is 43.0 Å². The van der Waals surface area contributed by atoms with Crippen molar-refractivity contribution in [1.29, 1.82) is 0 Å². The Hall–Kier alpha value is -1.37. The highest BCUT2D eigenvalue weighted by atomic mass is 79.9. The standard InChI is InChI=1S/C16H18BrN3O2.ClH/c1-21-13-6-5-12(17)10-11(13)4-7-14-19-15(20-22-14)16(18)8-2-3-9-16;/h4-7,10H,2-3,8-9,18H2,1H3;1H/b7-4+;. The van der Waals surface area contributed by atoms with Gasteiger partial charge in [0.2, 0.25) is 0 Å². The van der Waals surface area contributed by atoms with Crippen molar-refractivity contribution in [2.45, 2.75) is 31.2 Å². The zero-order valence-corrected chi connectivity index (χ0v) is 15.2. The number of nitrogens with zero attached hydrogens (tertiary/aromatic N) is 2. The van der Waals surface area contributed by atoms with E-state index in [0.29, 0.717) is 11.7 Å². The van der Waals surface area contributed by atoms with Crippen LogP contribution in [-0.4, -0.2) is 17.3 Å². The Morgan fingerprint density at radius 2 is 2.04 bits per heavy atom. The molecule has 0 aliphatic heterocycles. The van der Waals surface area contributed by atoms with Gasteiger partial charge in [-0.25, -0.2) is 0 Å². The van der Waals surface area contributed by atoms with Gasteiger partial charge in [0, 0.05) is 16.1 Å². The van der Waals surface area contributed by atoms with Gasteiger partial charge >= 0.3 is 0 Å². The maximum atomic E-state index is 6.33. The highest BCUT2D eigenvalue weighted by molar-refractivity contribution is 9.10. The molecule has 1 aliphatic rings. The first-order valence-electron chi connectivity index (χ1n) is 7.25. The van der Waals surface area contributed by atoms with Crippen molar-refractivity contribution in [1.82, 2.24) is 10.1 Å². The summed E-state index contributed by atoms with van der Waals surface area (Å²) in [6.07, 6.45) is 7.72. The molecule has 1 aromatic heterocycles. The smallest absolute Gasteiger partial charge is 0.250 e. The third kappa shape index (κ3) is 3.94. The third-order valence-electron chi connectivity index (χ3n) is 3.98. The molecule has 5 nitrogen and oxygen atoms in total. The molecule has 1 fully saturated rings. The van der Waals surface area contributed by atoms with Gasteiger partial charge in [-0.15, -0.1) is 12.4 Å². The topological polar surface area (TPSA) is 74.2 Å². The zero-order valence-electron chi connectivity index (χ0n) is 12.8. The second kappa shape index (κ2) is 7.47. The van der Waals surface area contributed by atoms with E-state index in [1.165, 1.54) is 0 Å². The molecule has 1 saturated carbocycles. The average molecular weight is 401 g/mol. The third-order valence-corrected chi connectivity index (χ3v) is 4.47. The predicted molar refractivity (Wildman–Crippen MR) is 95.5 cm³/mol. The van der Waals surface area contributed by atoms with Gasteiger partial charge in [0.25, 0.3) is 5.89 Å². The van der Waals surface area contributed by atoms with Gasteiger partial charge in [0.1, 0.15) is 5.75 Å². The first-order valence-corrected chi connectivity index (χ1v) is 8.05. The predicted octanol–water partition coefficient (Wildman–Crippen LogP) is 4.16. The van der Waals surface area contributed by atoms with Crippen LogP contribution in [-0.2, 0) is 5.54 Å². The fourth-order valence-corrected chi connectivity index (χ4v) is 3.11. The van der Waals surface area contributed by atoms with Crippen molar-refractivity contribution < 1.29 is 9.26 Å². The average Bonchev–Trinajstić information content (AvgIpc) is 3.15. The highest BCUT2D eigenvalue weighted by Crippen LogP contribution is 2.34. The van der Waals surface area contributed by atoms with Crippen molar-refractivity contribution in [2.75, 3.05) is 7.11 Å². The summed E-state index contributed by atoms with van der Waals surface area (Å²) in [6.45, 7) is 0. The molecule has 23 heavy (non-hydrogen) atoms. The summed E-state index contributed by atoms with van der Waals surface area (Å²) in [5, 5.41) is 4.04. The van der Waals surface area contributed by atoms with Crippen molar-refractivity contribution in [3.8, 4) is 5.75 Å². The lowest BCUT2D eigenvalue weighted by Gasteiger charge is -2.17. The Labute approximate surface area is 149 Å². The number of rotatable bonds is 4. The Morgan fingerprint density at radius 3 is 2.74 bits per heavy atom. The molecule has 1 heterocycles. The van der Waals surface area contributed by atoms with Crippen LogP contribution in [0.2, 0.25) is 0 Å². The van der Waals surface area contributed by atoms with E-state index in [-0.39, 0.29) is 12.4 Å². The van der Waals surface area contributed by atoms with E-state index in [0.717, 1.165) is 41.5 Å². The Bertz CT molecular complexity index is 696. The van der Waals surface area contributed by atoms with Crippen molar-refractivity contribution in [3.63, 3.8) is 0 Å². The number of aromatic nitrogens is 2. The van der Waals surface area contributed by atoms with E-state index in [2.05, 4.69) is 26.1 Å². The molecule has 0 bridgehead atoms. The van der Waals surface area contributed by atoms with Crippen molar-refractivity contribution >= 4 is 40.5 Å². The minimum absolute atomic E-state index is 0. The summed E-state index contributed by atoms with van der Waals surface area (Å²) >= 11 is 3.45. The Morgan fingerprint density at radius 1 is 1.30 bits per heavy atom. The SMILES string of the molecule is COc1ccc(Br)cc1/C=C/c1nc(C2(N)CCCC2)no1.Cl. The fourth-order valence-electron chi connectivity index (χ4n) is 2.73. The lowest BCUT2D eigenvalue weighted by molar-refractivity contribution is 0.364. The minimum atomic E-state index is -0.428. The molecule has 0 saturated heterocycles. The summed E-state index contributed by atoms with van der Waals surface area (Å²) in [5.74, 6) is 1.84. The lowest BCUT2D eigenvalue weighted by atomic mass is 9.99. The second-order valence-corrected chi connectivity index (χ2v) is 6.45. The summed E-state index contributed by atoms with van der Waals surface area (Å²) in [5.41, 5.74) is 6.83. The van der Waals surface area contributed by atoms with Crippen LogP contribution in [0.3, 0.4) is 0 Å².